The molecule has 0 saturated heterocycles. The number of hydrogen-bond donors (Lipinski definition) is 1. The summed E-state index contributed by atoms with van der Waals surface area (Å²) in [7, 11) is 0. The van der Waals surface area contributed by atoms with E-state index in [4.69, 9.17) is 10.5 Å². The molecule has 0 aliphatic carbocycles. The SMILES string of the molecule is CCOc1ccc([C@H](N)CC(C)C)cc1. The molecule has 0 aliphatic rings. The van der Waals surface area contributed by atoms with Crippen molar-refractivity contribution in [2.75, 3.05) is 6.61 Å². The summed E-state index contributed by atoms with van der Waals surface area (Å²) in [5.41, 5.74) is 7.27. The summed E-state index contributed by atoms with van der Waals surface area (Å²) in [6.07, 6.45) is 1.02. The van der Waals surface area contributed by atoms with Crippen molar-refractivity contribution in [3.63, 3.8) is 0 Å². The van der Waals surface area contributed by atoms with Crippen LogP contribution in [-0.2, 0) is 0 Å². The molecule has 0 unspecified atom stereocenters. The van der Waals surface area contributed by atoms with Crippen molar-refractivity contribution in [3.8, 4) is 5.75 Å². The molecule has 2 heteroatoms. The lowest BCUT2D eigenvalue weighted by atomic mass is 9.98. The molecule has 0 bridgehead atoms. The van der Waals surface area contributed by atoms with Crippen molar-refractivity contribution in [1.29, 1.82) is 0 Å². The summed E-state index contributed by atoms with van der Waals surface area (Å²) in [5.74, 6) is 1.55. The second-order valence-electron chi connectivity index (χ2n) is 4.24. The van der Waals surface area contributed by atoms with Gasteiger partial charge in [-0.15, -0.1) is 0 Å². The van der Waals surface area contributed by atoms with Gasteiger partial charge < -0.3 is 10.5 Å². The van der Waals surface area contributed by atoms with Crippen molar-refractivity contribution in [3.05, 3.63) is 29.8 Å². The fourth-order valence-electron chi connectivity index (χ4n) is 1.62. The first-order chi connectivity index (χ1) is 7.13. The third kappa shape index (κ3) is 3.92. The summed E-state index contributed by atoms with van der Waals surface area (Å²) >= 11 is 0. The van der Waals surface area contributed by atoms with Crippen LogP contribution in [0.3, 0.4) is 0 Å². The van der Waals surface area contributed by atoms with Gasteiger partial charge in [0.15, 0.2) is 0 Å². The van der Waals surface area contributed by atoms with Crippen molar-refractivity contribution < 1.29 is 4.74 Å². The van der Waals surface area contributed by atoms with E-state index in [0.29, 0.717) is 12.5 Å². The number of nitrogens with two attached hydrogens (primary N) is 1. The average Bonchev–Trinajstić information content (AvgIpc) is 2.18. The van der Waals surface area contributed by atoms with Crippen molar-refractivity contribution in [1.82, 2.24) is 0 Å². The van der Waals surface area contributed by atoms with Crippen LogP contribution in [0.2, 0.25) is 0 Å². The molecule has 1 aromatic carbocycles. The van der Waals surface area contributed by atoms with Crippen LogP contribution in [0.5, 0.6) is 5.75 Å². The average molecular weight is 207 g/mol. The number of rotatable bonds is 5. The molecule has 0 amide bonds. The molecule has 2 N–H and O–H groups in total. The van der Waals surface area contributed by atoms with Gasteiger partial charge in [-0.05, 0) is 37.0 Å². The van der Waals surface area contributed by atoms with E-state index in [1.54, 1.807) is 0 Å². The third-order valence-electron chi connectivity index (χ3n) is 2.34. The smallest absolute Gasteiger partial charge is 0.119 e. The Morgan fingerprint density at radius 1 is 1.20 bits per heavy atom. The van der Waals surface area contributed by atoms with Crippen LogP contribution < -0.4 is 10.5 Å². The Balaban J connectivity index is 2.62. The summed E-state index contributed by atoms with van der Waals surface area (Å²) in [6.45, 7) is 7.07. The van der Waals surface area contributed by atoms with Gasteiger partial charge in [0.1, 0.15) is 5.75 Å². The summed E-state index contributed by atoms with van der Waals surface area (Å²) < 4.78 is 5.38. The minimum absolute atomic E-state index is 0.140. The van der Waals surface area contributed by atoms with E-state index in [1.807, 2.05) is 19.1 Å². The van der Waals surface area contributed by atoms with Crippen molar-refractivity contribution in [2.24, 2.45) is 11.7 Å². The van der Waals surface area contributed by atoms with E-state index < -0.39 is 0 Å². The highest BCUT2D eigenvalue weighted by molar-refractivity contribution is 5.29. The highest BCUT2D eigenvalue weighted by Crippen LogP contribution is 2.21. The number of hydrogen-bond acceptors (Lipinski definition) is 2. The van der Waals surface area contributed by atoms with Crippen LogP contribution in [0.15, 0.2) is 24.3 Å². The molecular formula is C13H21NO. The summed E-state index contributed by atoms with van der Waals surface area (Å²) in [4.78, 5) is 0. The molecule has 2 nitrogen and oxygen atoms in total. The van der Waals surface area contributed by atoms with E-state index in [1.165, 1.54) is 5.56 Å². The van der Waals surface area contributed by atoms with Crippen LogP contribution in [0.25, 0.3) is 0 Å². The van der Waals surface area contributed by atoms with Crippen molar-refractivity contribution in [2.45, 2.75) is 33.2 Å². The van der Waals surface area contributed by atoms with E-state index >= 15 is 0 Å². The highest BCUT2D eigenvalue weighted by Gasteiger charge is 2.07. The molecule has 0 radical (unpaired) electrons. The predicted octanol–water partition coefficient (Wildman–Crippen LogP) is 3.13. The molecule has 0 fully saturated rings. The van der Waals surface area contributed by atoms with E-state index in [0.717, 1.165) is 12.2 Å². The molecule has 0 heterocycles. The van der Waals surface area contributed by atoms with Gasteiger partial charge in [0.2, 0.25) is 0 Å². The van der Waals surface area contributed by atoms with Crippen LogP contribution in [0.1, 0.15) is 38.8 Å². The molecular weight excluding hydrogens is 186 g/mol. The molecule has 15 heavy (non-hydrogen) atoms. The Hall–Kier alpha value is -1.02. The van der Waals surface area contributed by atoms with Crippen molar-refractivity contribution >= 4 is 0 Å². The molecule has 1 atom stereocenters. The van der Waals surface area contributed by atoms with Crippen LogP contribution >= 0.6 is 0 Å². The Morgan fingerprint density at radius 2 is 1.80 bits per heavy atom. The second-order valence-corrected chi connectivity index (χ2v) is 4.24. The van der Waals surface area contributed by atoms with Gasteiger partial charge in [-0.2, -0.15) is 0 Å². The molecule has 0 aromatic heterocycles. The number of benzene rings is 1. The molecule has 0 spiro atoms. The largest absolute Gasteiger partial charge is 0.494 e. The highest BCUT2D eigenvalue weighted by atomic mass is 16.5. The Morgan fingerprint density at radius 3 is 2.27 bits per heavy atom. The van der Waals surface area contributed by atoms with Crippen LogP contribution in [-0.4, -0.2) is 6.61 Å². The fraction of sp³-hybridized carbons (Fsp3) is 0.538. The minimum atomic E-state index is 0.140. The van der Waals surface area contributed by atoms with Gasteiger partial charge in [-0.25, -0.2) is 0 Å². The summed E-state index contributed by atoms with van der Waals surface area (Å²) in [5, 5.41) is 0. The van der Waals surface area contributed by atoms with Gasteiger partial charge in [-0.1, -0.05) is 26.0 Å². The zero-order valence-corrected chi connectivity index (χ0v) is 9.86. The van der Waals surface area contributed by atoms with E-state index in [9.17, 15) is 0 Å². The zero-order valence-electron chi connectivity index (χ0n) is 9.86. The normalized spacial score (nSPS) is 12.9. The molecule has 84 valence electrons. The zero-order chi connectivity index (χ0) is 11.3. The maximum atomic E-state index is 6.08. The van der Waals surface area contributed by atoms with Gasteiger partial charge in [0, 0.05) is 6.04 Å². The maximum Gasteiger partial charge on any atom is 0.119 e. The topological polar surface area (TPSA) is 35.2 Å². The predicted molar refractivity (Wildman–Crippen MR) is 64.0 cm³/mol. The quantitative estimate of drug-likeness (QED) is 0.805. The number of ether oxygens (including phenoxy) is 1. The Kier molecular flexibility index (Phi) is 4.63. The Labute approximate surface area is 92.4 Å². The second kappa shape index (κ2) is 5.76. The molecule has 0 aliphatic heterocycles. The first-order valence-electron chi connectivity index (χ1n) is 5.61. The monoisotopic (exact) mass is 207 g/mol. The Bertz CT molecular complexity index is 279. The lowest BCUT2D eigenvalue weighted by Crippen LogP contribution is -2.12. The fourth-order valence-corrected chi connectivity index (χ4v) is 1.62. The van der Waals surface area contributed by atoms with Crippen LogP contribution in [0.4, 0.5) is 0 Å². The summed E-state index contributed by atoms with van der Waals surface area (Å²) in [6, 6.07) is 8.22. The lowest BCUT2D eigenvalue weighted by molar-refractivity contribution is 0.340. The first kappa shape index (κ1) is 12.1. The van der Waals surface area contributed by atoms with E-state index in [-0.39, 0.29) is 6.04 Å². The third-order valence-corrected chi connectivity index (χ3v) is 2.34. The minimum Gasteiger partial charge on any atom is -0.494 e. The molecule has 0 saturated carbocycles. The lowest BCUT2D eigenvalue weighted by Gasteiger charge is -2.14. The molecule has 1 aromatic rings. The van der Waals surface area contributed by atoms with E-state index in [2.05, 4.69) is 26.0 Å². The first-order valence-corrected chi connectivity index (χ1v) is 5.61. The van der Waals surface area contributed by atoms with Gasteiger partial charge in [0.25, 0.3) is 0 Å². The standard InChI is InChI=1S/C13H21NO/c1-4-15-12-7-5-11(6-8-12)13(14)9-10(2)3/h5-8,10,13H,4,9,14H2,1-3H3/t13-/m1/s1. The van der Waals surface area contributed by atoms with Gasteiger partial charge in [-0.3, -0.25) is 0 Å². The molecule has 1 rings (SSSR count). The van der Waals surface area contributed by atoms with Crippen LogP contribution in [0, 0.1) is 5.92 Å². The maximum absolute atomic E-state index is 6.08. The van der Waals surface area contributed by atoms with Gasteiger partial charge >= 0.3 is 0 Å². The van der Waals surface area contributed by atoms with Gasteiger partial charge in [0.05, 0.1) is 6.61 Å².